The summed E-state index contributed by atoms with van der Waals surface area (Å²) in [5, 5.41) is 2.78. The lowest BCUT2D eigenvalue weighted by Gasteiger charge is -2.43. The molecule has 3 rings (SSSR count). The summed E-state index contributed by atoms with van der Waals surface area (Å²) in [5.74, 6) is 2.81. The summed E-state index contributed by atoms with van der Waals surface area (Å²) in [7, 11) is -2.38. The van der Waals surface area contributed by atoms with Crippen molar-refractivity contribution in [1.29, 1.82) is 0 Å². The summed E-state index contributed by atoms with van der Waals surface area (Å²) in [6.45, 7) is 7.82. The van der Waals surface area contributed by atoms with Crippen molar-refractivity contribution in [3.63, 3.8) is 0 Å². The lowest BCUT2D eigenvalue weighted by molar-refractivity contribution is 0.269. The molecule has 0 amide bonds. The molecular formula is C22H28OSSi. The van der Waals surface area contributed by atoms with Gasteiger partial charge in [0.15, 0.2) is 0 Å². The van der Waals surface area contributed by atoms with Crippen molar-refractivity contribution < 1.29 is 4.43 Å². The SMILES string of the molecule is CC(C)(C)[Si](OCC1C=CCSC1)(c1ccccc1)c1ccccc1. The Bertz CT molecular complexity index is 651. The molecule has 0 bridgehead atoms. The van der Waals surface area contributed by atoms with Gasteiger partial charge in [0, 0.05) is 24.0 Å². The molecule has 0 aromatic heterocycles. The maximum atomic E-state index is 6.98. The van der Waals surface area contributed by atoms with Crippen LogP contribution < -0.4 is 10.4 Å². The Morgan fingerprint density at radius 1 is 0.960 bits per heavy atom. The van der Waals surface area contributed by atoms with Crippen molar-refractivity contribution in [1.82, 2.24) is 0 Å². The maximum absolute atomic E-state index is 6.98. The van der Waals surface area contributed by atoms with E-state index >= 15 is 0 Å². The molecule has 0 saturated carbocycles. The Morgan fingerprint density at radius 2 is 1.52 bits per heavy atom. The van der Waals surface area contributed by atoms with Crippen LogP contribution in [0, 0.1) is 5.92 Å². The van der Waals surface area contributed by atoms with Gasteiger partial charge in [0.1, 0.15) is 0 Å². The first-order valence-electron chi connectivity index (χ1n) is 9.03. The van der Waals surface area contributed by atoms with Crippen molar-refractivity contribution in [2.45, 2.75) is 25.8 Å². The minimum absolute atomic E-state index is 0.0568. The molecule has 132 valence electrons. The summed E-state index contributed by atoms with van der Waals surface area (Å²) >= 11 is 2.00. The average Bonchev–Trinajstić information content (AvgIpc) is 2.64. The Labute approximate surface area is 157 Å². The molecule has 1 aliphatic rings. The molecule has 0 fully saturated rings. The van der Waals surface area contributed by atoms with Gasteiger partial charge in [-0.05, 0) is 15.4 Å². The van der Waals surface area contributed by atoms with Crippen LogP contribution in [0.25, 0.3) is 0 Å². The van der Waals surface area contributed by atoms with Crippen molar-refractivity contribution in [3.05, 3.63) is 72.8 Å². The maximum Gasteiger partial charge on any atom is 0.261 e. The Kier molecular flexibility index (Phi) is 5.88. The lowest BCUT2D eigenvalue weighted by Crippen LogP contribution is -2.66. The first-order valence-corrected chi connectivity index (χ1v) is 12.1. The van der Waals surface area contributed by atoms with Crippen LogP contribution in [0.15, 0.2) is 72.8 Å². The van der Waals surface area contributed by atoms with Crippen molar-refractivity contribution in [3.8, 4) is 0 Å². The molecule has 0 aliphatic carbocycles. The molecule has 0 saturated heterocycles. The highest BCUT2D eigenvalue weighted by Crippen LogP contribution is 2.37. The fraction of sp³-hybridized carbons (Fsp3) is 0.364. The molecule has 3 heteroatoms. The van der Waals surface area contributed by atoms with Gasteiger partial charge in [0.2, 0.25) is 0 Å². The third kappa shape index (κ3) is 3.94. The quantitative estimate of drug-likeness (QED) is 0.568. The standard InChI is InChI=1S/C22H28OSSi/c1-22(2,3)25(20-12-6-4-7-13-20,21-14-8-5-9-15-21)23-17-19-11-10-16-24-18-19/h4-15,19H,16-18H2,1-3H3. The molecule has 1 nitrogen and oxygen atoms in total. The minimum Gasteiger partial charge on any atom is -0.407 e. The summed E-state index contributed by atoms with van der Waals surface area (Å²) in [5.41, 5.74) is 0. The second kappa shape index (κ2) is 7.94. The van der Waals surface area contributed by atoms with Crippen LogP contribution in [-0.2, 0) is 4.43 Å². The first kappa shape index (κ1) is 18.5. The highest BCUT2D eigenvalue weighted by molar-refractivity contribution is 7.99. The molecule has 0 radical (unpaired) electrons. The van der Waals surface area contributed by atoms with Crippen LogP contribution in [0.3, 0.4) is 0 Å². The number of rotatable bonds is 5. The summed E-state index contributed by atoms with van der Waals surface area (Å²) in [4.78, 5) is 0. The van der Waals surface area contributed by atoms with E-state index in [1.807, 2.05) is 11.8 Å². The van der Waals surface area contributed by atoms with E-state index in [-0.39, 0.29) is 5.04 Å². The molecule has 25 heavy (non-hydrogen) atoms. The van der Waals surface area contributed by atoms with Crippen LogP contribution in [-0.4, -0.2) is 26.4 Å². The molecule has 2 aromatic rings. The Balaban J connectivity index is 2.05. The van der Waals surface area contributed by atoms with Gasteiger partial charge >= 0.3 is 0 Å². The van der Waals surface area contributed by atoms with E-state index in [1.54, 1.807) is 0 Å². The fourth-order valence-electron chi connectivity index (χ4n) is 3.69. The second-order valence-electron chi connectivity index (χ2n) is 7.70. The van der Waals surface area contributed by atoms with E-state index < -0.39 is 8.32 Å². The molecule has 0 N–H and O–H groups in total. The number of hydrogen-bond donors (Lipinski definition) is 0. The predicted molar refractivity (Wildman–Crippen MR) is 114 cm³/mol. The van der Waals surface area contributed by atoms with Gasteiger partial charge in [-0.15, -0.1) is 0 Å². The van der Waals surface area contributed by atoms with E-state index in [0.29, 0.717) is 5.92 Å². The molecule has 1 atom stereocenters. The summed E-state index contributed by atoms with van der Waals surface area (Å²) < 4.78 is 6.98. The predicted octanol–water partition coefficient (Wildman–Crippen LogP) is 4.48. The highest BCUT2D eigenvalue weighted by Gasteiger charge is 2.50. The summed E-state index contributed by atoms with van der Waals surface area (Å²) in [6.07, 6.45) is 4.63. The fourth-order valence-corrected chi connectivity index (χ4v) is 9.20. The minimum atomic E-state index is -2.38. The number of thioether (sulfide) groups is 1. The average molecular weight is 369 g/mol. The second-order valence-corrected chi connectivity index (χ2v) is 13.1. The molecule has 1 aliphatic heterocycles. The van der Waals surface area contributed by atoms with Gasteiger partial charge in [0.25, 0.3) is 8.32 Å². The van der Waals surface area contributed by atoms with E-state index in [0.717, 1.165) is 18.1 Å². The molecule has 1 heterocycles. The van der Waals surface area contributed by atoms with Crippen LogP contribution in [0.5, 0.6) is 0 Å². The zero-order chi connectivity index (χ0) is 17.8. The van der Waals surface area contributed by atoms with E-state index in [2.05, 4.69) is 93.6 Å². The van der Waals surface area contributed by atoms with Gasteiger partial charge in [-0.1, -0.05) is 93.6 Å². The van der Waals surface area contributed by atoms with Gasteiger partial charge in [-0.25, -0.2) is 0 Å². The van der Waals surface area contributed by atoms with Gasteiger partial charge < -0.3 is 4.43 Å². The van der Waals surface area contributed by atoms with Crippen LogP contribution >= 0.6 is 11.8 Å². The summed E-state index contributed by atoms with van der Waals surface area (Å²) in [6, 6.07) is 21.8. The number of hydrogen-bond acceptors (Lipinski definition) is 2. The van der Waals surface area contributed by atoms with Crippen LogP contribution in [0.1, 0.15) is 20.8 Å². The zero-order valence-electron chi connectivity index (χ0n) is 15.4. The third-order valence-corrected chi connectivity index (χ3v) is 11.0. The Hall–Kier alpha value is -1.29. The smallest absolute Gasteiger partial charge is 0.261 e. The van der Waals surface area contributed by atoms with Crippen molar-refractivity contribution in [2.75, 3.05) is 18.1 Å². The Morgan fingerprint density at radius 3 is 1.96 bits per heavy atom. The van der Waals surface area contributed by atoms with Crippen molar-refractivity contribution in [2.24, 2.45) is 5.92 Å². The zero-order valence-corrected chi connectivity index (χ0v) is 17.3. The van der Waals surface area contributed by atoms with Crippen LogP contribution in [0.4, 0.5) is 0 Å². The largest absolute Gasteiger partial charge is 0.407 e. The molecular weight excluding hydrogens is 340 g/mol. The highest BCUT2D eigenvalue weighted by atomic mass is 32.2. The van der Waals surface area contributed by atoms with Gasteiger partial charge in [0.05, 0.1) is 0 Å². The van der Waals surface area contributed by atoms with E-state index in [1.165, 1.54) is 10.4 Å². The van der Waals surface area contributed by atoms with Crippen molar-refractivity contribution >= 4 is 30.5 Å². The third-order valence-electron chi connectivity index (χ3n) is 4.88. The normalized spacial score (nSPS) is 18.3. The topological polar surface area (TPSA) is 9.23 Å². The van der Waals surface area contributed by atoms with Crippen LogP contribution in [0.2, 0.25) is 5.04 Å². The van der Waals surface area contributed by atoms with Gasteiger partial charge in [-0.3, -0.25) is 0 Å². The van der Waals surface area contributed by atoms with E-state index in [4.69, 9.17) is 4.43 Å². The van der Waals surface area contributed by atoms with Gasteiger partial charge in [-0.2, -0.15) is 11.8 Å². The monoisotopic (exact) mass is 368 g/mol. The first-order chi connectivity index (χ1) is 12.0. The van der Waals surface area contributed by atoms with E-state index in [9.17, 15) is 0 Å². The molecule has 1 unspecified atom stereocenters. The number of benzene rings is 2. The molecule has 0 spiro atoms. The molecule has 2 aromatic carbocycles. The lowest BCUT2D eigenvalue weighted by atomic mass is 10.2.